The third kappa shape index (κ3) is 8.40. The van der Waals surface area contributed by atoms with Gasteiger partial charge in [-0.25, -0.2) is 0 Å². The molecule has 0 fully saturated rings. The Kier molecular flexibility index (Phi) is 11.0. The first-order valence-electron chi connectivity index (χ1n) is 8.53. The van der Waals surface area contributed by atoms with Crippen molar-refractivity contribution in [1.82, 2.24) is 10.6 Å². The van der Waals surface area contributed by atoms with E-state index < -0.39 is 0 Å². The molecule has 5 nitrogen and oxygen atoms in total. The number of aliphatic imine (C=N–C) groups is 1. The summed E-state index contributed by atoms with van der Waals surface area (Å²) in [6, 6.07) is 14.2. The van der Waals surface area contributed by atoms with Gasteiger partial charge in [0.2, 0.25) is 0 Å². The van der Waals surface area contributed by atoms with Crippen molar-refractivity contribution in [3.8, 4) is 0 Å². The van der Waals surface area contributed by atoms with Crippen molar-refractivity contribution in [3.05, 3.63) is 60.1 Å². The lowest BCUT2D eigenvalue weighted by Crippen LogP contribution is -2.45. The molecule has 1 atom stereocenters. The summed E-state index contributed by atoms with van der Waals surface area (Å²) in [5, 5.41) is 16.0. The molecule has 0 saturated heterocycles. The molecule has 1 heterocycles. The van der Waals surface area contributed by atoms with Crippen LogP contribution in [0.2, 0.25) is 0 Å². The largest absolute Gasteiger partial charge is 0.469 e. The molecular formula is C19H28IN3O2. The van der Waals surface area contributed by atoms with Gasteiger partial charge in [0, 0.05) is 19.5 Å². The molecular weight excluding hydrogens is 429 g/mol. The maximum absolute atomic E-state index is 9.39. The van der Waals surface area contributed by atoms with Crippen LogP contribution >= 0.6 is 24.0 Å². The van der Waals surface area contributed by atoms with Crippen molar-refractivity contribution >= 4 is 29.9 Å². The number of aliphatic hydroxyl groups excluding tert-OH is 1. The van der Waals surface area contributed by atoms with Crippen molar-refractivity contribution in [2.75, 3.05) is 19.7 Å². The van der Waals surface area contributed by atoms with E-state index in [1.54, 1.807) is 6.26 Å². The second-order valence-electron chi connectivity index (χ2n) is 5.65. The molecule has 0 amide bonds. The molecule has 3 N–H and O–H groups in total. The number of rotatable bonds is 9. The Bertz CT molecular complexity index is 584. The smallest absolute Gasteiger partial charge is 0.191 e. The van der Waals surface area contributed by atoms with E-state index in [4.69, 9.17) is 4.42 Å². The molecule has 6 heteroatoms. The van der Waals surface area contributed by atoms with Crippen molar-refractivity contribution in [1.29, 1.82) is 0 Å². The molecule has 138 valence electrons. The van der Waals surface area contributed by atoms with Crippen LogP contribution in [0.1, 0.15) is 24.7 Å². The Morgan fingerprint density at radius 3 is 2.60 bits per heavy atom. The zero-order chi connectivity index (χ0) is 17.0. The number of aliphatic hydroxyl groups is 1. The van der Waals surface area contributed by atoms with Crippen molar-refractivity contribution in [2.45, 2.75) is 32.2 Å². The molecule has 0 saturated carbocycles. The summed E-state index contributed by atoms with van der Waals surface area (Å²) in [7, 11) is 0. The number of nitrogens with zero attached hydrogens (tertiary/aromatic N) is 1. The number of guanidine groups is 1. The fraction of sp³-hybridized carbons (Fsp3) is 0.421. The predicted octanol–water partition coefficient (Wildman–Crippen LogP) is 2.99. The van der Waals surface area contributed by atoms with E-state index in [1.807, 2.05) is 37.3 Å². The van der Waals surface area contributed by atoms with Crippen LogP contribution in [0.5, 0.6) is 0 Å². The number of hydrogen-bond acceptors (Lipinski definition) is 3. The summed E-state index contributed by atoms with van der Waals surface area (Å²) >= 11 is 0. The van der Waals surface area contributed by atoms with E-state index >= 15 is 0 Å². The monoisotopic (exact) mass is 457 g/mol. The highest BCUT2D eigenvalue weighted by Crippen LogP contribution is 2.01. The Balaban J connectivity index is 0.00000312. The lowest BCUT2D eigenvalue weighted by molar-refractivity contribution is 0.251. The quantitative estimate of drug-likeness (QED) is 0.308. The van der Waals surface area contributed by atoms with Crippen LogP contribution in [0, 0.1) is 0 Å². The van der Waals surface area contributed by atoms with Gasteiger partial charge in [-0.3, -0.25) is 4.99 Å². The van der Waals surface area contributed by atoms with Crippen molar-refractivity contribution in [2.24, 2.45) is 4.99 Å². The molecule has 0 spiro atoms. The molecule has 0 radical (unpaired) electrons. The van der Waals surface area contributed by atoms with E-state index in [2.05, 4.69) is 27.8 Å². The van der Waals surface area contributed by atoms with Crippen molar-refractivity contribution < 1.29 is 9.52 Å². The molecule has 0 aliphatic heterocycles. The minimum Gasteiger partial charge on any atom is -0.469 e. The molecule has 1 aromatic heterocycles. The van der Waals surface area contributed by atoms with Crippen molar-refractivity contribution in [3.63, 3.8) is 0 Å². The molecule has 0 aliphatic rings. The van der Waals surface area contributed by atoms with Gasteiger partial charge in [-0.1, -0.05) is 37.3 Å². The molecule has 1 aromatic carbocycles. The lowest BCUT2D eigenvalue weighted by atomic mass is 10.1. The third-order valence-electron chi connectivity index (χ3n) is 3.81. The van der Waals surface area contributed by atoms with E-state index in [9.17, 15) is 5.11 Å². The Morgan fingerprint density at radius 1 is 1.16 bits per heavy atom. The topological polar surface area (TPSA) is 69.8 Å². The van der Waals surface area contributed by atoms with Gasteiger partial charge < -0.3 is 20.2 Å². The van der Waals surface area contributed by atoms with E-state index in [0.29, 0.717) is 6.54 Å². The van der Waals surface area contributed by atoms with Gasteiger partial charge in [-0.15, -0.1) is 24.0 Å². The average molecular weight is 457 g/mol. The highest BCUT2D eigenvalue weighted by Gasteiger charge is 2.07. The molecule has 25 heavy (non-hydrogen) atoms. The molecule has 0 aliphatic carbocycles. The first kappa shape index (κ1) is 21.5. The SMILES string of the molecule is CC[C@H](CO)NC(=NCCc1ccco1)NCCc1ccccc1.I. The van der Waals surface area contributed by atoms with E-state index in [0.717, 1.165) is 37.5 Å². The molecule has 2 aromatic rings. The fourth-order valence-electron chi connectivity index (χ4n) is 2.33. The van der Waals surface area contributed by atoms with Crippen LogP contribution in [0.4, 0.5) is 0 Å². The van der Waals surface area contributed by atoms with Crippen LogP contribution < -0.4 is 10.6 Å². The highest BCUT2D eigenvalue weighted by molar-refractivity contribution is 14.0. The van der Waals surface area contributed by atoms with Gasteiger partial charge in [0.15, 0.2) is 5.96 Å². The Labute approximate surface area is 167 Å². The van der Waals surface area contributed by atoms with Gasteiger partial charge in [-0.05, 0) is 30.5 Å². The molecule has 2 rings (SSSR count). The van der Waals surface area contributed by atoms with Gasteiger partial charge in [-0.2, -0.15) is 0 Å². The zero-order valence-corrected chi connectivity index (χ0v) is 17.0. The second-order valence-corrected chi connectivity index (χ2v) is 5.65. The van der Waals surface area contributed by atoms with Gasteiger partial charge >= 0.3 is 0 Å². The average Bonchev–Trinajstić information content (AvgIpc) is 3.13. The van der Waals surface area contributed by atoms with Gasteiger partial charge in [0.05, 0.1) is 18.9 Å². The standard InChI is InChI=1S/C19H27N3O2.HI/c1-2-17(15-23)22-19(21-13-11-18-9-6-14-24-18)20-12-10-16-7-4-3-5-8-16;/h3-9,14,17,23H,2,10-13,15H2,1H3,(H2,20,21,22);1H/t17-;/m1./s1. The summed E-state index contributed by atoms with van der Waals surface area (Å²) in [5.41, 5.74) is 1.29. The minimum absolute atomic E-state index is 0. The highest BCUT2D eigenvalue weighted by atomic mass is 127. The molecule has 0 unspecified atom stereocenters. The van der Waals surface area contributed by atoms with Gasteiger partial charge in [0.25, 0.3) is 0 Å². The fourth-order valence-corrected chi connectivity index (χ4v) is 2.33. The Morgan fingerprint density at radius 2 is 1.96 bits per heavy atom. The van der Waals surface area contributed by atoms with Crippen LogP contribution in [0.3, 0.4) is 0 Å². The summed E-state index contributed by atoms with van der Waals surface area (Å²) < 4.78 is 5.33. The van der Waals surface area contributed by atoms with E-state index in [1.165, 1.54) is 5.56 Å². The minimum atomic E-state index is 0. The normalized spacial score (nSPS) is 12.3. The Hall–Kier alpha value is -1.54. The number of furan rings is 1. The van der Waals surface area contributed by atoms with Gasteiger partial charge in [0.1, 0.15) is 5.76 Å². The number of hydrogen-bond donors (Lipinski definition) is 3. The summed E-state index contributed by atoms with van der Waals surface area (Å²) in [5.74, 6) is 1.66. The number of nitrogens with one attached hydrogen (secondary N) is 2. The van der Waals surface area contributed by atoms with Crippen LogP contribution in [0.25, 0.3) is 0 Å². The summed E-state index contributed by atoms with van der Waals surface area (Å²) in [4.78, 5) is 4.59. The first-order chi connectivity index (χ1) is 11.8. The predicted molar refractivity (Wildman–Crippen MR) is 113 cm³/mol. The summed E-state index contributed by atoms with van der Waals surface area (Å²) in [6.07, 6.45) is 4.20. The first-order valence-corrected chi connectivity index (χ1v) is 8.53. The second kappa shape index (κ2) is 12.8. The lowest BCUT2D eigenvalue weighted by Gasteiger charge is -2.18. The van der Waals surface area contributed by atoms with E-state index in [-0.39, 0.29) is 36.6 Å². The third-order valence-corrected chi connectivity index (χ3v) is 3.81. The maximum atomic E-state index is 9.39. The number of halogens is 1. The van der Waals surface area contributed by atoms with Crippen LogP contribution in [-0.4, -0.2) is 36.8 Å². The van der Waals surface area contributed by atoms with Crippen LogP contribution in [-0.2, 0) is 12.8 Å². The number of benzene rings is 1. The molecule has 0 bridgehead atoms. The maximum Gasteiger partial charge on any atom is 0.191 e. The summed E-state index contributed by atoms with van der Waals surface area (Å²) in [6.45, 7) is 3.56. The zero-order valence-electron chi connectivity index (χ0n) is 14.6. The van der Waals surface area contributed by atoms with Crippen LogP contribution in [0.15, 0.2) is 58.1 Å².